The van der Waals surface area contributed by atoms with Crippen LogP contribution in [0.25, 0.3) is 0 Å². The minimum absolute atomic E-state index is 0.687. The van der Waals surface area contributed by atoms with Crippen LogP contribution in [-0.2, 0) is 14.2 Å². The van der Waals surface area contributed by atoms with Gasteiger partial charge in [0.1, 0.15) is 48.8 Å². The van der Waals surface area contributed by atoms with E-state index in [9.17, 15) is 35.0 Å². The van der Waals surface area contributed by atoms with E-state index in [4.69, 9.17) is 14.6 Å². The summed E-state index contributed by atoms with van der Waals surface area (Å²) in [5, 5.41) is 66.8. The van der Waals surface area contributed by atoms with E-state index in [1.54, 1.807) is 0 Å². The predicted octanol–water partition coefficient (Wildman–Crippen LogP) is -4.42. The average Bonchev–Trinajstić information content (AvgIpc) is 2.55. The lowest BCUT2D eigenvalue weighted by Crippen LogP contribution is -2.64. The van der Waals surface area contributed by atoms with Crippen LogP contribution < -0.4 is 0 Å². The van der Waals surface area contributed by atoms with Crippen molar-refractivity contribution in [2.45, 2.75) is 61.5 Å². The van der Waals surface area contributed by atoms with Crippen LogP contribution in [0.1, 0.15) is 0 Å². The minimum Gasteiger partial charge on any atom is -0.394 e. The highest BCUT2D eigenvalue weighted by molar-refractivity contribution is 4.93. The van der Waals surface area contributed by atoms with Gasteiger partial charge in [0, 0.05) is 0 Å². The lowest BCUT2D eigenvalue weighted by atomic mass is 9.97. The number of aliphatic hydroxyl groups is 7. The first-order valence-corrected chi connectivity index (χ1v) is 7.04. The molecule has 0 aromatic heterocycles. The molecule has 136 valence electrons. The molecular weight excluding hydrogens is 323 g/mol. The molecule has 0 aliphatic carbocycles. The van der Waals surface area contributed by atoms with E-state index in [2.05, 4.69) is 4.74 Å². The van der Waals surface area contributed by atoms with Crippen molar-refractivity contribution in [1.82, 2.24) is 0 Å². The molecule has 0 radical (unpaired) electrons. The van der Waals surface area contributed by atoms with Crippen LogP contribution in [0.3, 0.4) is 0 Å². The summed E-state index contributed by atoms with van der Waals surface area (Å²) in [4.78, 5) is 0. The number of halogens is 1. The van der Waals surface area contributed by atoms with Gasteiger partial charge < -0.3 is 50.0 Å². The van der Waals surface area contributed by atoms with Gasteiger partial charge >= 0.3 is 0 Å². The molecule has 2 aliphatic rings. The van der Waals surface area contributed by atoms with Crippen LogP contribution in [0.4, 0.5) is 4.39 Å². The molecule has 0 unspecified atom stereocenters. The standard InChI is InChI=1S/C12H21FO10/c13-11-8(19)7(18)10(4(2-15)21-11)23-12-9(20)6(17)5(16)3(1-14)22-12/h3-12,14-20H,1-2H2/t3-,4-,5-,6+,7-,8-,9-,10-,11+,12-/m1/s1. The molecule has 0 saturated carbocycles. The highest BCUT2D eigenvalue weighted by Crippen LogP contribution is 2.29. The molecule has 2 rings (SSSR count). The summed E-state index contributed by atoms with van der Waals surface area (Å²) in [5.74, 6) is 0. The quantitative estimate of drug-likeness (QED) is 0.264. The molecule has 10 nitrogen and oxygen atoms in total. The molecule has 2 aliphatic heterocycles. The first-order valence-electron chi connectivity index (χ1n) is 7.04. The van der Waals surface area contributed by atoms with Gasteiger partial charge in [-0.1, -0.05) is 0 Å². The van der Waals surface area contributed by atoms with E-state index in [1.165, 1.54) is 0 Å². The second-order valence-electron chi connectivity index (χ2n) is 5.49. The Morgan fingerprint density at radius 2 is 1.35 bits per heavy atom. The molecule has 23 heavy (non-hydrogen) atoms. The van der Waals surface area contributed by atoms with E-state index in [1.807, 2.05) is 0 Å². The minimum atomic E-state index is -2.24. The molecule has 2 heterocycles. The van der Waals surface area contributed by atoms with Gasteiger partial charge in [-0.15, -0.1) is 0 Å². The Bertz CT molecular complexity index is 383. The number of rotatable bonds is 4. The van der Waals surface area contributed by atoms with Crippen molar-refractivity contribution in [3.8, 4) is 0 Å². The van der Waals surface area contributed by atoms with Crippen LogP contribution in [-0.4, -0.2) is 110 Å². The first kappa shape index (κ1) is 18.9. The lowest BCUT2D eigenvalue weighted by molar-refractivity contribution is -0.349. The van der Waals surface area contributed by atoms with Gasteiger partial charge in [0.05, 0.1) is 13.2 Å². The highest BCUT2D eigenvalue weighted by atomic mass is 19.1. The van der Waals surface area contributed by atoms with Crippen molar-refractivity contribution in [2.24, 2.45) is 0 Å². The Kier molecular flexibility index (Phi) is 6.24. The van der Waals surface area contributed by atoms with E-state index < -0.39 is 74.7 Å². The first-order chi connectivity index (χ1) is 10.8. The third-order valence-corrected chi connectivity index (χ3v) is 3.95. The smallest absolute Gasteiger partial charge is 0.228 e. The lowest BCUT2D eigenvalue weighted by Gasteiger charge is -2.44. The van der Waals surface area contributed by atoms with Gasteiger partial charge in [0.15, 0.2) is 6.29 Å². The maximum absolute atomic E-state index is 13.3. The topological polar surface area (TPSA) is 169 Å². The Morgan fingerprint density at radius 1 is 0.739 bits per heavy atom. The van der Waals surface area contributed by atoms with E-state index in [0.29, 0.717) is 0 Å². The zero-order valence-corrected chi connectivity index (χ0v) is 11.9. The van der Waals surface area contributed by atoms with Crippen molar-refractivity contribution in [2.75, 3.05) is 13.2 Å². The molecule has 0 aromatic rings. The van der Waals surface area contributed by atoms with Crippen molar-refractivity contribution >= 4 is 0 Å². The third-order valence-electron chi connectivity index (χ3n) is 3.95. The number of hydrogen-bond acceptors (Lipinski definition) is 10. The van der Waals surface area contributed by atoms with Crippen LogP contribution in [0.2, 0.25) is 0 Å². The summed E-state index contributed by atoms with van der Waals surface area (Å²) < 4.78 is 28.3. The summed E-state index contributed by atoms with van der Waals surface area (Å²) >= 11 is 0. The fourth-order valence-corrected chi connectivity index (χ4v) is 2.54. The van der Waals surface area contributed by atoms with Gasteiger partial charge in [-0.3, -0.25) is 0 Å². The molecule has 0 spiro atoms. The fourth-order valence-electron chi connectivity index (χ4n) is 2.54. The zero-order chi connectivity index (χ0) is 17.3. The van der Waals surface area contributed by atoms with Crippen molar-refractivity contribution in [3.05, 3.63) is 0 Å². The fraction of sp³-hybridized carbons (Fsp3) is 1.00. The SMILES string of the molecule is OC[C@H]1O[C@H](O[C@H]2[C@H](O)[C@@H](O)[C@@H](F)O[C@@H]2CO)[C@H](O)[C@@H](O)[C@@H]1O. The average molecular weight is 344 g/mol. The van der Waals surface area contributed by atoms with Gasteiger partial charge in [-0.25, -0.2) is 4.39 Å². The molecule has 0 aromatic carbocycles. The van der Waals surface area contributed by atoms with Crippen molar-refractivity contribution in [3.63, 3.8) is 0 Å². The summed E-state index contributed by atoms with van der Waals surface area (Å²) in [7, 11) is 0. The van der Waals surface area contributed by atoms with Gasteiger partial charge in [-0.05, 0) is 0 Å². The van der Waals surface area contributed by atoms with Crippen LogP contribution in [0.15, 0.2) is 0 Å². The molecule has 0 bridgehead atoms. The van der Waals surface area contributed by atoms with Crippen molar-refractivity contribution in [1.29, 1.82) is 0 Å². The number of hydrogen-bond donors (Lipinski definition) is 7. The third kappa shape index (κ3) is 3.64. The summed E-state index contributed by atoms with van der Waals surface area (Å²) in [5.41, 5.74) is 0. The van der Waals surface area contributed by atoms with Crippen LogP contribution in [0.5, 0.6) is 0 Å². The highest BCUT2D eigenvalue weighted by Gasteiger charge is 2.50. The Balaban J connectivity index is 2.11. The van der Waals surface area contributed by atoms with E-state index >= 15 is 0 Å². The Hall–Kier alpha value is -0.470. The molecule has 7 N–H and O–H groups in total. The second-order valence-corrected chi connectivity index (χ2v) is 5.49. The summed E-state index contributed by atoms with van der Waals surface area (Å²) in [6.45, 7) is -1.45. The van der Waals surface area contributed by atoms with E-state index in [-0.39, 0.29) is 0 Å². The van der Waals surface area contributed by atoms with Crippen LogP contribution in [0, 0.1) is 0 Å². The monoisotopic (exact) mass is 344 g/mol. The number of alkyl halides is 1. The molecule has 10 atom stereocenters. The largest absolute Gasteiger partial charge is 0.394 e. The summed E-state index contributed by atoms with van der Waals surface area (Å²) in [6, 6.07) is 0. The van der Waals surface area contributed by atoms with Gasteiger partial charge in [0.25, 0.3) is 0 Å². The van der Waals surface area contributed by atoms with Gasteiger partial charge in [-0.2, -0.15) is 0 Å². The molecule has 0 amide bonds. The Morgan fingerprint density at radius 3 is 1.91 bits per heavy atom. The number of aliphatic hydroxyl groups excluding tert-OH is 7. The molecule has 11 heteroatoms. The number of ether oxygens (including phenoxy) is 3. The second kappa shape index (κ2) is 7.61. The Labute approximate surface area is 130 Å². The van der Waals surface area contributed by atoms with Crippen molar-refractivity contribution < 1.29 is 54.3 Å². The summed E-state index contributed by atoms with van der Waals surface area (Å²) in [6.07, 6.45) is -16.8. The molecular formula is C12H21FO10. The maximum Gasteiger partial charge on any atom is 0.228 e. The zero-order valence-electron chi connectivity index (χ0n) is 11.9. The molecule has 2 saturated heterocycles. The normalized spacial score (nSPS) is 51.7. The van der Waals surface area contributed by atoms with Gasteiger partial charge in [0.2, 0.25) is 6.36 Å². The maximum atomic E-state index is 13.3. The van der Waals surface area contributed by atoms with E-state index in [0.717, 1.165) is 0 Å². The molecule has 2 fully saturated rings. The van der Waals surface area contributed by atoms with Crippen LogP contribution >= 0.6 is 0 Å². The predicted molar refractivity (Wildman–Crippen MR) is 67.5 cm³/mol.